The maximum absolute atomic E-state index is 10.1. The Hall–Kier alpha value is -1.31. The molecule has 0 fully saturated rings. The zero-order chi connectivity index (χ0) is 12.1. The first-order valence-electron chi connectivity index (χ1n) is 5.69. The van der Waals surface area contributed by atoms with Crippen LogP contribution in [0.25, 0.3) is 0 Å². The fourth-order valence-electron chi connectivity index (χ4n) is 1.81. The van der Waals surface area contributed by atoms with Crippen LogP contribution in [0.2, 0.25) is 0 Å². The summed E-state index contributed by atoms with van der Waals surface area (Å²) in [6.45, 7) is 0. The number of aliphatic hydroxyl groups is 1. The second kappa shape index (κ2) is 5.85. The summed E-state index contributed by atoms with van der Waals surface area (Å²) in [6.07, 6.45) is 0.00849. The standard InChI is InChI=1S/C15H15ClO/c16-14(12-7-3-1-4-8-12)11-15(17)13-9-5-2-6-10-13/h1-10,14-15,17H,11H2. The van der Waals surface area contributed by atoms with Crippen molar-refractivity contribution >= 4 is 11.6 Å². The molecule has 0 radical (unpaired) electrons. The highest BCUT2D eigenvalue weighted by Crippen LogP contribution is 2.30. The molecule has 1 nitrogen and oxygen atoms in total. The van der Waals surface area contributed by atoms with Gasteiger partial charge in [-0.25, -0.2) is 0 Å². The topological polar surface area (TPSA) is 20.2 Å². The normalized spacial score (nSPS) is 14.2. The van der Waals surface area contributed by atoms with Crippen molar-refractivity contribution in [2.75, 3.05) is 0 Å². The van der Waals surface area contributed by atoms with Crippen LogP contribution in [0.3, 0.4) is 0 Å². The first-order valence-corrected chi connectivity index (χ1v) is 6.13. The van der Waals surface area contributed by atoms with E-state index in [4.69, 9.17) is 11.6 Å². The molecule has 2 aromatic rings. The molecule has 0 aliphatic heterocycles. The van der Waals surface area contributed by atoms with Crippen molar-refractivity contribution in [2.24, 2.45) is 0 Å². The molecule has 0 aliphatic rings. The average Bonchev–Trinajstić information content (AvgIpc) is 2.40. The van der Waals surface area contributed by atoms with Gasteiger partial charge in [-0.2, -0.15) is 0 Å². The molecule has 88 valence electrons. The molecule has 0 saturated carbocycles. The van der Waals surface area contributed by atoms with Crippen molar-refractivity contribution in [3.8, 4) is 0 Å². The van der Waals surface area contributed by atoms with Gasteiger partial charge in [0.05, 0.1) is 11.5 Å². The molecule has 0 amide bonds. The lowest BCUT2D eigenvalue weighted by Gasteiger charge is -2.15. The van der Waals surface area contributed by atoms with E-state index in [9.17, 15) is 5.11 Å². The van der Waals surface area contributed by atoms with Crippen LogP contribution in [0.4, 0.5) is 0 Å². The van der Waals surface area contributed by atoms with Gasteiger partial charge in [0.25, 0.3) is 0 Å². The summed E-state index contributed by atoms with van der Waals surface area (Å²) in [7, 11) is 0. The van der Waals surface area contributed by atoms with Crippen LogP contribution in [0, 0.1) is 0 Å². The summed E-state index contributed by atoms with van der Waals surface area (Å²) in [5.74, 6) is 0. The minimum atomic E-state index is -0.515. The summed E-state index contributed by atoms with van der Waals surface area (Å²) in [5, 5.41) is 9.91. The van der Waals surface area contributed by atoms with E-state index >= 15 is 0 Å². The molecular weight excluding hydrogens is 232 g/mol. The Kier molecular flexibility index (Phi) is 4.18. The molecule has 0 saturated heterocycles. The lowest BCUT2D eigenvalue weighted by Crippen LogP contribution is -2.01. The SMILES string of the molecule is OC(CC(Cl)c1ccccc1)c1ccccc1. The third-order valence-electron chi connectivity index (χ3n) is 2.78. The Morgan fingerprint density at radius 3 is 1.82 bits per heavy atom. The minimum absolute atomic E-state index is 0.161. The smallest absolute Gasteiger partial charge is 0.0807 e. The molecular formula is C15H15ClO. The molecule has 1 N–H and O–H groups in total. The highest BCUT2D eigenvalue weighted by molar-refractivity contribution is 6.20. The monoisotopic (exact) mass is 246 g/mol. The largest absolute Gasteiger partial charge is 0.388 e. The lowest BCUT2D eigenvalue weighted by atomic mass is 10.0. The van der Waals surface area contributed by atoms with Crippen LogP contribution in [-0.2, 0) is 0 Å². The maximum Gasteiger partial charge on any atom is 0.0807 e. The van der Waals surface area contributed by atoms with E-state index in [2.05, 4.69) is 0 Å². The predicted octanol–water partition coefficient (Wildman–Crippen LogP) is 4.09. The van der Waals surface area contributed by atoms with Crippen LogP contribution in [0.1, 0.15) is 29.0 Å². The van der Waals surface area contributed by atoms with Crippen LogP contribution in [0.15, 0.2) is 60.7 Å². The van der Waals surface area contributed by atoms with E-state index in [1.54, 1.807) is 0 Å². The van der Waals surface area contributed by atoms with Gasteiger partial charge in [0.2, 0.25) is 0 Å². The summed E-state index contributed by atoms with van der Waals surface area (Å²) in [6, 6.07) is 19.4. The third-order valence-corrected chi connectivity index (χ3v) is 3.21. The summed E-state index contributed by atoms with van der Waals surface area (Å²) in [5.41, 5.74) is 1.96. The fourth-order valence-corrected chi connectivity index (χ4v) is 2.12. The van der Waals surface area contributed by atoms with Crippen molar-refractivity contribution in [2.45, 2.75) is 17.9 Å². The van der Waals surface area contributed by atoms with Crippen LogP contribution in [-0.4, -0.2) is 5.11 Å². The number of benzene rings is 2. The zero-order valence-corrected chi connectivity index (χ0v) is 10.2. The van der Waals surface area contributed by atoms with Crippen molar-refractivity contribution in [3.63, 3.8) is 0 Å². The van der Waals surface area contributed by atoms with Crippen LogP contribution >= 0.6 is 11.6 Å². The number of rotatable bonds is 4. The molecule has 0 aromatic heterocycles. The zero-order valence-electron chi connectivity index (χ0n) is 9.46. The maximum atomic E-state index is 10.1. The highest BCUT2D eigenvalue weighted by atomic mass is 35.5. The fraction of sp³-hybridized carbons (Fsp3) is 0.200. The van der Waals surface area contributed by atoms with Gasteiger partial charge in [-0.1, -0.05) is 60.7 Å². The Bertz CT molecular complexity index is 397. The molecule has 17 heavy (non-hydrogen) atoms. The second-order valence-corrected chi connectivity index (χ2v) is 4.57. The number of hydrogen-bond acceptors (Lipinski definition) is 1. The summed E-state index contributed by atoms with van der Waals surface area (Å²) < 4.78 is 0. The Morgan fingerprint density at radius 2 is 1.29 bits per heavy atom. The lowest BCUT2D eigenvalue weighted by molar-refractivity contribution is 0.166. The minimum Gasteiger partial charge on any atom is -0.388 e. The summed E-state index contributed by atoms with van der Waals surface area (Å²) in [4.78, 5) is 0. The predicted molar refractivity (Wildman–Crippen MR) is 71.1 cm³/mol. The van der Waals surface area contributed by atoms with Gasteiger partial charge in [0.1, 0.15) is 0 Å². The number of halogens is 1. The van der Waals surface area contributed by atoms with E-state index in [1.807, 2.05) is 60.7 Å². The van der Waals surface area contributed by atoms with Gasteiger partial charge in [0.15, 0.2) is 0 Å². The molecule has 2 atom stereocenters. The molecule has 2 aromatic carbocycles. The highest BCUT2D eigenvalue weighted by Gasteiger charge is 2.14. The van der Waals surface area contributed by atoms with Crippen molar-refractivity contribution in [1.82, 2.24) is 0 Å². The van der Waals surface area contributed by atoms with E-state index in [0.717, 1.165) is 11.1 Å². The first-order chi connectivity index (χ1) is 8.27. The Morgan fingerprint density at radius 1 is 0.824 bits per heavy atom. The van der Waals surface area contributed by atoms with E-state index < -0.39 is 6.10 Å². The average molecular weight is 247 g/mol. The van der Waals surface area contributed by atoms with Gasteiger partial charge in [0, 0.05) is 0 Å². The molecule has 0 heterocycles. The second-order valence-electron chi connectivity index (χ2n) is 4.04. The van der Waals surface area contributed by atoms with Crippen LogP contribution < -0.4 is 0 Å². The van der Waals surface area contributed by atoms with Crippen molar-refractivity contribution < 1.29 is 5.11 Å². The van der Waals surface area contributed by atoms with E-state index in [0.29, 0.717) is 6.42 Å². The number of alkyl halides is 1. The third kappa shape index (κ3) is 3.32. The molecule has 0 spiro atoms. The first kappa shape index (κ1) is 12.2. The van der Waals surface area contributed by atoms with Gasteiger partial charge in [-0.05, 0) is 17.5 Å². The van der Waals surface area contributed by atoms with Gasteiger partial charge in [-0.15, -0.1) is 11.6 Å². The van der Waals surface area contributed by atoms with Gasteiger partial charge < -0.3 is 5.11 Å². The van der Waals surface area contributed by atoms with Gasteiger partial charge in [-0.3, -0.25) is 0 Å². The van der Waals surface area contributed by atoms with Gasteiger partial charge >= 0.3 is 0 Å². The quantitative estimate of drug-likeness (QED) is 0.806. The molecule has 2 rings (SSSR count). The summed E-state index contributed by atoms with van der Waals surface area (Å²) >= 11 is 6.29. The number of hydrogen-bond donors (Lipinski definition) is 1. The number of aliphatic hydroxyl groups excluding tert-OH is 1. The molecule has 2 heteroatoms. The van der Waals surface area contributed by atoms with Crippen molar-refractivity contribution in [1.29, 1.82) is 0 Å². The molecule has 2 unspecified atom stereocenters. The molecule has 0 bridgehead atoms. The van der Waals surface area contributed by atoms with Crippen molar-refractivity contribution in [3.05, 3.63) is 71.8 Å². The van der Waals surface area contributed by atoms with E-state index in [-0.39, 0.29) is 5.38 Å². The molecule has 0 aliphatic carbocycles. The van der Waals surface area contributed by atoms with Crippen LogP contribution in [0.5, 0.6) is 0 Å². The Labute approximate surface area is 107 Å². The van der Waals surface area contributed by atoms with E-state index in [1.165, 1.54) is 0 Å². The Balaban J connectivity index is 2.02.